The van der Waals surface area contributed by atoms with Crippen molar-refractivity contribution in [2.45, 2.75) is 25.3 Å². The summed E-state index contributed by atoms with van der Waals surface area (Å²) in [6.07, 6.45) is 3.28. The standard InChI is InChI=1S/C16H19F2N3/c1-20-7-2-3-12-10-21(8-6-13(12)20)14-5-4-11(9-19)15(17)16(14)18/h4-5,12-13H,2-3,6-8,10H2,1H3. The molecule has 0 spiro atoms. The first kappa shape index (κ1) is 14.3. The lowest BCUT2D eigenvalue weighted by atomic mass is 9.84. The number of nitrogens with zero attached hydrogens (tertiary/aromatic N) is 3. The van der Waals surface area contributed by atoms with Crippen molar-refractivity contribution in [3.8, 4) is 6.07 Å². The summed E-state index contributed by atoms with van der Waals surface area (Å²) in [4.78, 5) is 4.32. The Balaban J connectivity index is 1.83. The van der Waals surface area contributed by atoms with Crippen LogP contribution in [-0.2, 0) is 0 Å². The molecular weight excluding hydrogens is 272 g/mol. The Labute approximate surface area is 123 Å². The molecule has 3 nitrogen and oxygen atoms in total. The van der Waals surface area contributed by atoms with E-state index in [9.17, 15) is 8.78 Å². The second-order valence-electron chi connectivity index (χ2n) is 6.06. The van der Waals surface area contributed by atoms with Crippen LogP contribution in [0.1, 0.15) is 24.8 Å². The van der Waals surface area contributed by atoms with Gasteiger partial charge in [-0.25, -0.2) is 8.78 Å². The second-order valence-corrected chi connectivity index (χ2v) is 6.06. The highest BCUT2D eigenvalue weighted by atomic mass is 19.2. The zero-order valence-electron chi connectivity index (χ0n) is 12.1. The molecular formula is C16H19F2N3. The van der Waals surface area contributed by atoms with Gasteiger partial charge < -0.3 is 9.80 Å². The first-order valence-electron chi connectivity index (χ1n) is 7.45. The zero-order valence-corrected chi connectivity index (χ0v) is 12.1. The van der Waals surface area contributed by atoms with Crippen LogP contribution in [0, 0.1) is 28.9 Å². The molecule has 2 atom stereocenters. The average Bonchev–Trinajstić information content (AvgIpc) is 2.50. The minimum absolute atomic E-state index is 0.233. The van der Waals surface area contributed by atoms with Crippen LogP contribution in [0.15, 0.2) is 12.1 Å². The topological polar surface area (TPSA) is 30.3 Å². The molecule has 2 heterocycles. The third kappa shape index (κ3) is 2.49. The van der Waals surface area contributed by atoms with E-state index in [1.165, 1.54) is 12.1 Å². The van der Waals surface area contributed by atoms with Crippen molar-refractivity contribution in [3.05, 3.63) is 29.3 Å². The van der Waals surface area contributed by atoms with Crippen LogP contribution in [-0.4, -0.2) is 37.6 Å². The molecule has 112 valence electrons. The molecule has 5 heteroatoms. The minimum Gasteiger partial charge on any atom is -0.369 e. The van der Waals surface area contributed by atoms with Crippen LogP contribution in [0.25, 0.3) is 0 Å². The maximum absolute atomic E-state index is 14.2. The number of nitriles is 1. The monoisotopic (exact) mass is 291 g/mol. The third-order valence-electron chi connectivity index (χ3n) is 4.87. The molecule has 21 heavy (non-hydrogen) atoms. The van der Waals surface area contributed by atoms with Crippen molar-refractivity contribution < 1.29 is 8.78 Å². The van der Waals surface area contributed by atoms with E-state index in [1.807, 2.05) is 4.90 Å². The van der Waals surface area contributed by atoms with Gasteiger partial charge in [-0.05, 0) is 50.9 Å². The fraction of sp³-hybridized carbons (Fsp3) is 0.562. The van der Waals surface area contributed by atoms with E-state index in [1.54, 1.807) is 6.07 Å². The summed E-state index contributed by atoms with van der Waals surface area (Å²) >= 11 is 0. The lowest BCUT2D eigenvalue weighted by molar-refractivity contribution is 0.102. The van der Waals surface area contributed by atoms with Crippen LogP contribution in [0.2, 0.25) is 0 Å². The predicted octanol–water partition coefficient (Wildman–Crippen LogP) is 2.76. The van der Waals surface area contributed by atoms with Crippen molar-refractivity contribution in [1.82, 2.24) is 4.90 Å². The first-order chi connectivity index (χ1) is 10.1. The molecule has 2 saturated heterocycles. The maximum atomic E-state index is 14.2. The molecule has 0 N–H and O–H groups in total. The summed E-state index contributed by atoms with van der Waals surface area (Å²) in [6, 6.07) is 5.13. The van der Waals surface area contributed by atoms with Crippen molar-refractivity contribution in [3.63, 3.8) is 0 Å². The highest BCUT2D eigenvalue weighted by Crippen LogP contribution is 2.33. The molecule has 2 unspecified atom stereocenters. The van der Waals surface area contributed by atoms with Crippen molar-refractivity contribution in [1.29, 1.82) is 5.26 Å². The Morgan fingerprint density at radius 1 is 1.19 bits per heavy atom. The van der Waals surface area contributed by atoms with E-state index in [0.717, 1.165) is 38.9 Å². The fourth-order valence-electron chi connectivity index (χ4n) is 3.74. The van der Waals surface area contributed by atoms with E-state index in [2.05, 4.69) is 11.9 Å². The Bertz CT molecular complexity index is 582. The number of halogens is 2. The SMILES string of the molecule is CN1CCCC2CN(c3ccc(C#N)c(F)c3F)CCC21. The molecule has 2 aliphatic rings. The van der Waals surface area contributed by atoms with Crippen molar-refractivity contribution in [2.24, 2.45) is 5.92 Å². The summed E-state index contributed by atoms with van der Waals surface area (Å²) in [6.45, 7) is 2.62. The molecule has 0 saturated carbocycles. The van der Waals surface area contributed by atoms with E-state index < -0.39 is 11.6 Å². The lowest BCUT2D eigenvalue weighted by Gasteiger charge is -2.46. The first-order valence-corrected chi connectivity index (χ1v) is 7.45. The Hall–Kier alpha value is -1.67. The van der Waals surface area contributed by atoms with E-state index >= 15 is 0 Å². The molecule has 0 aromatic heterocycles. The van der Waals surface area contributed by atoms with E-state index in [0.29, 0.717) is 12.0 Å². The van der Waals surface area contributed by atoms with Crippen molar-refractivity contribution >= 4 is 5.69 Å². The summed E-state index contributed by atoms with van der Waals surface area (Å²) in [5.74, 6) is -1.41. The number of fused-ring (bicyclic) bond motifs is 1. The molecule has 2 aliphatic heterocycles. The number of hydrogen-bond donors (Lipinski definition) is 0. The van der Waals surface area contributed by atoms with Gasteiger partial charge in [0, 0.05) is 19.1 Å². The fourth-order valence-corrected chi connectivity index (χ4v) is 3.74. The average molecular weight is 291 g/mol. The van der Waals surface area contributed by atoms with Gasteiger partial charge in [-0.1, -0.05) is 0 Å². The van der Waals surface area contributed by atoms with Gasteiger partial charge in [-0.3, -0.25) is 0 Å². The molecule has 0 aliphatic carbocycles. The Morgan fingerprint density at radius 2 is 2.00 bits per heavy atom. The predicted molar refractivity (Wildman–Crippen MR) is 77.0 cm³/mol. The Morgan fingerprint density at radius 3 is 2.76 bits per heavy atom. The second kappa shape index (κ2) is 5.61. The number of piperidine rings is 2. The molecule has 0 radical (unpaired) electrons. The van der Waals surface area contributed by atoms with Gasteiger partial charge in [-0.15, -0.1) is 0 Å². The summed E-state index contributed by atoms with van der Waals surface area (Å²) in [5, 5.41) is 8.75. The highest BCUT2D eigenvalue weighted by Gasteiger charge is 2.35. The Kier molecular flexibility index (Phi) is 3.81. The van der Waals surface area contributed by atoms with Gasteiger partial charge in [-0.2, -0.15) is 5.26 Å². The number of rotatable bonds is 1. The molecule has 1 aromatic carbocycles. The van der Waals surface area contributed by atoms with Crippen LogP contribution in [0.5, 0.6) is 0 Å². The summed E-state index contributed by atoms with van der Waals surface area (Å²) in [7, 11) is 2.15. The van der Waals surface area contributed by atoms with Crippen molar-refractivity contribution in [2.75, 3.05) is 31.6 Å². The third-order valence-corrected chi connectivity index (χ3v) is 4.87. The van der Waals surface area contributed by atoms with Gasteiger partial charge in [0.1, 0.15) is 6.07 Å². The molecule has 2 fully saturated rings. The number of anilines is 1. The quantitative estimate of drug-likeness (QED) is 0.797. The minimum atomic E-state index is -1.03. The molecule has 3 rings (SSSR count). The van der Waals surface area contributed by atoms with Crippen LogP contribution in [0.4, 0.5) is 14.5 Å². The molecule has 0 amide bonds. The highest BCUT2D eigenvalue weighted by molar-refractivity contribution is 5.52. The smallest absolute Gasteiger partial charge is 0.183 e. The van der Waals surface area contributed by atoms with E-state index in [4.69, 9.17) is 5.26 Å². The van der Waals surface area contributed by atoms with Gasteiger partial charge >= 0.3 is 0 Å². The van der Waals surface area contributed by atoms with Crippen LogP contribution >= 0.6 is 0 Å². The van der Waals surface area contributed by atoms with Gasteiger partial charge in [0.05, 0.1) is 11.3 Å². The van der Waals surface area contributed by atoms with Gasteiger partial charge in [0.2, 0.25) is 0 Å². The van der Waals surface area contributed by atoms with Crippen LogP contribution < -0.4 is 4.90 Å². The van der Waals surface area contributed by atoms with Gasteiger partial charge in [0.25, 0.3) is 0 Å². The lowest BCUT2D eigenvalue weighted by Crippen LogP contribution is -2.52. The normalized spacial score (nSPS) is 26.3. The molecule has 0 bridgehead atoms. The number of benzene rings is 1. The largest absolute Gasteiger partial charge is 0.369 e. The number of hydrogen-bond acceptors (Lipinski definition) is 3. The number of likely N-dealkylation sites (tertiary alicyclic amines) is 1. The van der Waals surface area contributed by atoms with E-state index in [-0.39, 0.29) is 11.3 Å². The summed E-state index contributed by atoms with van der Waals surface area (Å²) in [5.41, 5.74) is 0.0571. The molecule has 1 aromatic rings. The zero-order chi connectivity index (χ0) is 15.0. The maximum Gasteiger partial charge on any atom is 0.183 e. The summed E-state index contributed by atoms with van der Waals surface area (Å²) < 4.78 is 27.9. The van der Waals surface area contributed by atoms with Crippen LogP contribution in [0.3, 0.4) is 0 Å². The van der Waals surface area contributed by atoms with Gasteiger partial charge in [0.15, 0.2) is 11.6 Å².